The smallest absolute Gasteiger partial charge is 0.230 e. The van der Waals surface area contributed by atoms with Crippen molar-refractivity contribution in [2.75, 3.05) is 14.2 Å². The van der Waals surface area contributed by atoms with Crippen molar-refractivity contribution >= 4 is 28.5 Å². The maximum absolute atomic E-state index is 12.6. The van der Waals surface area contributed by atoms with Gasteiger partial charge in [-0.25, -0.2) is 0 Å². The number of carbonyl (C=O) groups is 1. The van der Waals surface area contributed by atoms with E-state index in [0.717, 1.165) is 34.1 Å². The Balaban J connectivity index is 2.27. The summed E-state index contributed by atoms with van der Waals surface area (Å²) < 4.78 is 6.40. The van der Waals surface area contributed by atoms with Gasteiger partial charge in [0.05, 0.1) is 13.0 Å². The minimum absolute atomic E-state index is 0.0624. The number of likely N-dealkylation sites (N-methyl/N-ethyl adjacent to an activating group) is 1. The Labute approximate surface area is 128 Å². The fraction of sp³-hybridized carbons (Fsp3) is 0.533. The molecule has 0 spiro atoms. The van der Waals surface area contributed by atoms with Gasteiger partial charge >= 0.3 is 0 Å². The van der Waals surface area contributed by atoms with E-state index < -0.39 is 0 Å². The van der Waals surface area contributed by atoms with Crippen molar-refractivity contribution in [3.63, 3.8) is 0 Å². The van der Waals surface area contributed by atoms with E-state index in [-0.39, 0.29) is 11.8 Å². The van der Waals surface area contributed by atoms with Crippen LogP contribution in [0.4, 0.5) is 0 Å². The molecule has 4 heteroatoms. The van der Waals surface area contributed by atoms with Crippen LogP contribution < -0.4 is 4.74 Å². The molecule has 0 saturated heterocycles. The molecule has 1 aliphatic rings. The molecule has 0 aliphatic heterocycles. The average Bonchev–Trinajstić information content (AvgIpc) is 3.25. The van der Waals surface area contributed by atoms with E-state index in [0.29, 0.717) is 6.04 Å². The molecular formula is C15H20INO2. The summed E-state index contributed by atoms with van der Waals surface area (Å²) in [6.07, 6.45) is 3.11. The van der Waals surface area contributed by atoms with E-state index in [1.807, 2.05) is 30.1 Å². The second-order valence-electron chi connectivity index (χ2n) is 5.03. The molecule has 1 saturated carbocycles. The summed E-state index contributed by atoms with van der Waals surface area (Å²) in [6, 6.07) is 6.41. The van der Waals surface area contributed by atoms with Crippen LogP contribution in [0.1, 0.15) is 37.7 Å². The Hall–Kier alpha value is -0.780. The molecule has 0 bridgehead atoms. The Morgan fingerprint density at radius 1 is 1.53 bits per heavy atom. The first kappa shape index (κ1) is 14.6. The number of carbonyl (C=O) groups excluding carboxylic acids is 1. The number of methoxy groups -OCH3 is 1. The SMILES string of the molecule is CCC(C(=O)N(C)C1CC1)c1cc(OC)ccc1I. The Bertz CT molecular complexity index is 471. The molecule has 1 aliphatic carbocycles. The molecule has 1 aromatic carbocycles. The van der Waals surface area contributed by atoms with Crippen LogP contribution in [-0.2, 0) is 4.79 Å². The predicted molar refractivity (Wildman–Crippen MR) is 84.5 cm³/mol. The van der Waals surface area contributed by atoms with Crippen molar-refractivity contribution < 1.29 is 9.53 Å². The van der Waals surface area contributed by atoms with E-state index in [1.54, 1.807) is 7.11 Å². The van der Waals surface area contributed by atoms with E-state index >= 15 is 0 Å². The number of hydrogen-bond acceptors (Lipinski definition) is 2. The van der Waals surface area contributed by atoms with Gasteiger partial charge in [-0.1, -0.05) is 6.92 Å². The molecule has 0 aromatic heterocycles. The zero-order chi connectivity index (χ0) is 14.0. The highest BCUT2D eigenvalue weighted by Gasteiger charge is 2.33. The predicted octanol–water partition coefficient (Wildman–Crippen LogP) is 3.41. The van der Waals surface area contributed by atoms with Crippen LogP contribution in [0.25, 0.3) is 0 Å². The Kier molecular flexibility index (Phi) is 4.71. The summed E-state index contributed by atoms with van der Waals surface area (Å²) in [5.74, 6) is 0.986. The van der Waals surface area contributed by atoms with Crippen molar-refractivity contribution in [1.29, 1.82) is 0 Å². The number of hydrogen-bond donors (Lipinski definition) is 0. The molecular weight excluding hydrogens is 353 g/mol. The summed E-state index contributed by atoms with van der Waals surface area (Å²) in [4.78, 5) is 14.5. The van der Waals surface area contributed by atoms with Crippen LogP contribution in [0.15, 0.2) is 18.2 Å². The van der Waals surface area contributed by atoms with Crippen LogP contribution >= 0.6 is 22.6 Å². The molecule has 1 fully saturated rings. The van der Waals surface area contributed by atoms with Crippen LogP contribution in [0, 0.1) is 3.57 Å². The molecule has 1 amide bonds. The summed E-state index contributed by atoms with van der Waals surface area (Å²) >= 11 is 2.30. The monoisotopic (exact) mass is 373 g/mol. The Morgan fingerprint density at radius 2 is 2.21 bits per heavy atom. The van der Waals surface area contributed by atoms with Crippen LogP contribution in [0.5, 0.6) is 5.75 Å². The van der Waals surface area contributed by atoms with Gasteiger partial charge in [-0.15, -0.1) is 0 Å². The quantitative estimate of drug-likeness (QED) is 0.741. The number of rotatable bonds is 5. The van der Waals surface area contributed by atoms with Gasteiger partial charge < -0.3 is 9.64 Å². The molecule has 1 unspecified atom stereocenters. The minimum atomic E-state index is -0.0624. The highest BCUT2D eigenvalue weighted by Crippen LogP contribution is 2.33. The molecule has 0 radical (unpaired) electrons. The van der Waals surface area contributed by atoms with Gasteiger partial charge in [0, 0.05) is 16.7 Å². The van der Waals surface area contributed by atoms with Gasteiger partial charge in [-0.2, -0.15) is 0 Å². The zero-order valence-corrected chi connectivity index (χ0v) is 13.8. The fourth-order valence-electron chi connectivity index (χ4n) is 2.33. The van der Waals surface area contributed by atoms with E-state index in [9.17, 15) is 4.79 Å². The first-order valence-corrected chi connectivity index (χ1v) is 7.76. The maximum Gasteiger partial charge on any atom is 0.230 e. The first-order valence-electron chi connectivity index (χ1n) is 6.68. The molecule has 0 heterocycles. The fourth-order valence-corrected chi connectivity index (χ4v) is 3.04. The third-order valence-corrected chi connectivity index (χ3v) is 4.71. The number of halogens is 1. The van der Waals surface area contributed by atoms with Crippen molar-refractivity contribution in [2.45, 2.75) is 38.1 Å². The van der Waals surface area contributed by atoms with Gasteiger partial charge in [0.2, 0.25) is 5.91 Å². The third-order valence-electron chi connectivity index (χ3n) is 3.73. The topological polar surface area (TPSA) is 29.5 Å². The third kappa shape index (κ3) is 3.22. The number of ether oxygens (including phenoxy) is 1. The second kappa shape index (κ2) is 6.11. The largest absolute Gasteiger partial charge is 0.497 e. The Morgan fingerprint density at radius 3 is 2.74 bits per heavy atom. The normalized spacial score (nSPS) is 16.0. The highest BCUT2D eigenvalue weighted by molar-refractivity contribution is 14.1. The highest BCUT2D eigenvalue weighted by atomic mass is 127. The molecule has 1 aromatic rings. The van der Waals surface area contributed by atoms with Crippen molar-refractivity contribution in [2.24, 2.45) is 0 Å². The van der Waals surface area contributed by atoms with Crippen LogP contribution in [0.2, 0.25) is 0 Å². The van der Waals surface area contributed by atoms with Crippen molar-refractivity contribution in [3.8, 4) is 5.75 Å². The van der Waals surface area contributed by atoms with E-state index in [2.05, 4.69) is 29.5 Å². The van der Waals surface area contributed by atoms with Gasteiger partial charge in [0.1, 0.15) is 5.75 Å². The van der Waals surface area contributed by atoms with E-state index in [1.165, 1.54) is 0 Å². The van der Waals surface area contributed by atoms with E-state index in [4.69, 9.17) is 4.74 Å². The molecule has 0 N–H and O–H groups in total. The lowest BCUT2D eigenvalue weighted by atomic mass is 9.95. The second-order valence-corrected chi connectivity index (χ2v) is 6.19. The van der Waals surface area contributed by atoms with Crippen molar-refractivity contribution in [1.82, 2.24) is 4.90 Å². The zero-order valence-electron chi connectivity index (χ0n) is 11.6. The lowest BCUT2D eigenvalue weighted by Gasteiger charge is -2.24. The summed E-state index contributed by atoms with van der Waals surface area (Å²) in [7, 11) is 3.58. The van der Waals surface area contributed by atoms with Crippen LogP contribution in [0.3, 0.4) is 0 Å². The summed E-state index contributed by atoms with van der Waals surface area (Å²) in [6.45, 7) is 2.07. The molecule has 104 valence electrons. The van der Waals surface area contributed by atoms with Gasteiger partial charge in [-0.3, -0.25) is 4.79 Å². The number of amides is 1. The summed E-state index contributed by atoms with van der Waals surface area (Å²) in [5, 5.41) is 0. The van der Waals surface area contributed by atoms with Gasteiger partial charge in [-0.05, 0) is 65.6 Å². The molecule has 19 heavy (non-hydrogen) atoms. The maximum atomic E-state index is 12.6. The first-order chi connectivity index (χ1) is 9.08. The lowest BCUT2D eigenvalue weighted by Crippen LogP contribution is -2.33. The summed E-state index contributed by atoms with van der Waals surface area (Å²) in [5.41, 5.74) is 1.08. The van der Waals surface area contributed by atoms with Gasteiger partial charge in [0.15, 0.2) is 0 Å². The molecule has 3 nitrogen and oxygen atoms in total. The molecule has 2 rings (SSSR count). The lowest BCUT2D eigenvalue weighted by molar-refractivity contribution is -0.132. The van der Waals surface area contributed by atoms with Gasteiger partial charge in [0.25, 0.3) is 0 Å². The molecule has 1 atom stereocenters. The number of benzene rings is 1. The van der Waals surface area contributed by atoms with Crippen molar-refractivity contribution in [3.05, 3.63) is 27.3 Å². The standard InChI is InChI=1S/C15H20INO2/c1-4-12(15(18)17(2)10-5-6-10)13-9-11(19-3)7-8-14(13)16/h7-10,12H,4-6H2,1-3H3. The minimum Gasteiger partial charge on any atom is -0.497 e. The van der Waals surface area contributed by atoms with Crippen LogP contribution in [-0.4, -0.2) is 31.0 Å². The number of nitrogens with zero attached hydrogens (tertiary/aromatic N) is 1. The average molecular weight is 373 g/mol.